The van der Waals surface area contributed by atoms with Gasteiger partial charge in [0.2, 0.25) is 0 Å². The first-order chi connectivity index (χ1) is 14.4. The van der Waals surface area contributed by atoms with Gasteiger partial charge in [0.1, 0.15) is 5.65 Å². The molecule has 0 aliphatic heterocycles. The fourth-order valence-corrected chi connectivity index (χ4v) is 4.19. The first-order valence-corrected chi connectivity index (χ1v) is 9.83. The molecule has 0 aliphatic carbocycles. The van der Waals surface area contributed by atoms with E-state index in [1.807, 2.05) is 12.1 Å². The second kappa shape index (κ2) is 6.32. The average molecular weight is 370 g/mol. The maximum atomic E-state index is 4.94. The van der Waals surface area contributed by atoms with E-state index >= 15 is 0 Å². The largest absolute Gasteiger partial charge is 0.292 e. The first kappa shape index (κ1) is 16.1. The van der Waals surface area contributed by atoms with Crippen LogP contribution < -0.4 is 0 Å². The lowest BCUT2D eigenvalue weighted by Gasteiger charge is -2.10. The molecule has 0 N–H and O–H groups in total. The molecule has 136 valence electrons. The molecule has 0 radical (unpaired) electrons. The van der Waals surface area contributed by atoms with Gasteiger partial charge >= 0.3 is 0 Å². The Morgan fingerprint density at radius 2 is 1.28 bits per heavy atom. The summed E-state index contributed by atoms with van der Waals surface area (Å²) in [5.41, 5.74) is 6.76. The van der Waals surface area contributed by atoms with E-state index in [-0.39, 0.29) is 0 Å². The summed E-state index contributed by atoms with van der Waals surface area (Å²) < 4.78 is 2.29. The van der Waals surface area contributed by atoms with Gasteiger partial charge in [-0.15, -0.1) is 0 Å². The van der Waals surface area contributed by atoms with Gasteiger partial charge in [0.15, 0.2) is 0 Å². The molecule has 0 amide bonds. The lowest BCUT2D eigenvalue weighted by Crippen LogP contribution is -1.91. The van der Waals surface area contributed by atoms with Crippen LogP contribution in [-0.4, -0.2) is 9.38 Å². The highest BCUT2D eigenvalue weighted by Crippen LogP contribution is 2.32. The minimum Gasteiger partial charge on any atom is -0.292 e. The predicted molar refractivity (Wildman–Crippen MR) is 123 cm³/mol. The maximum absolute atomic E-state index is 4.94. The second-order valence-electron chi connectivity index (χ2n) is 7.33. The summed E-state index contributed by atoms with van der Waals surface area (Å²) in [6, 6.07) is 34.0. The number of pyridine rings is 1. The van der Waals surface area contributed by atoms with Crippen molar-refractivity contribution in [1.29, 1.82) is 0 Å². The van der Waals surface area contributed by atoms with Gasteiger partial charge in [0.05, 0.1) is 16.6 Å². The van der Waals surface area contributed by atoms with Crippen LogP contribution in [0.5, 0.6) is 0 Å². The van der Waals surface area contributed by atoms with E-state index in [4.69, 9.17) is 4.98 Å². The third kappa shape index (κ3) is 2.54. The lowest BCUT2D eigenvalue weighted by molar-refractivity contribution is 1.31. The van der Waals surface area contributed by atoms with Crippen molar-refractivity contribution in [1.82, 2.24) is 9.38 Å². The van der Waals surface area contributed by atoms with E-state index in [1.54, 1.807) is 0 Å². The summed E-state index contributed by atoms with van der Waals surface area (Å²) in [4.78, 5) is 4.94. The van der Waals surface area contributed by atoms with Gasteiger partial charge < -0.3 is 0 Å². The topological polar surface area (TPSA) is 17.3 Å². The summed E-state index contributed by atoms with van der Waals surface area (Å²) >= 11 is 0. The average Bonchev–Trinajstić information content (AvgIpc) is 3.18. The Hall–Kier alpha value is -3.91. The number of benzene rings is 4. The van der Waals surface area contributed by atoms with E-state index < -0.39 is 0 Å². The fourth-order valence-electron chi connectivity index (χ4n) is 4.19. The van der Waals surface area contributed by atoms with Crippen LogP contribution in [0.15, 0.2) is 97.1 Å². The van der Waals surface area contributed by atoms with E-state index in [2.05, 4.69) is 101 Å². The number of hydrogen-bond acceptors (Lipinski definition) is 1. The molecule has 0 aliphatic rings. The molecule has 0 saturated heterocycles. The molecule has 6 rings (SSSR count). The van der Waals surface area contributed by atoms with Gasteiger partial charge in [-0.25, -0.2) is 4.98 Å². The summed E-state index contributed by atoms with van der Waals surface area (Å²) in [6.07, 6.45) is 4.34. The van der Waals surface area contributed by atoms with Crippen LogP contribution in [0.1, 0.15) is 11.1 Å². The van der Waals surface area contributed by atoms with Crippen molar-refractivity contribution in [3.63, 3.8) is 0 Å². The van der Waals surface area contributed by atoms with Crippen LogP contribution in [0.3, 0.4) is 0 Å². The maximum Gasteiger partial charge on any atom is 0.146 e. The minimum atomic E-state index is 1.02. The molecule has 0 unspecified atom stereocenters. The highest BCUT2D eigenvalue weighted by Gasteiger charge is 2.13. The molecule has 0 bridgehead atoms. The van der Waals surface area contributed by atoms with Crippen molar-refractivity contribution >= 4 is 50.5 Å². The summed E-state index contributed by atoms with van der Waals surface area (Å²) in [7, 11) is 0. The molecule has 6 aromatic rings. The van der Waals surface area contributed by atoms with Crippen molar-refractivity contribution in [3.05, 3.63) is 108 Å². The highest BCUT2D eigenvalue weighted by atomic mass is 15.0. The molecule has 29 heavy (non-hydrogen) atoms. The summed E-state index contributed by atoms with van der Waals surface area (Å²) in [5.74, 6) is 0. The normalized spacial score (nSPS) is 12.0. The van der Waals surface area contributed by atoms with E-state index in [9.17, 15) is 0 Å². The SMILES string of the molecule is C(=C\c1ccc2c(c1)c1ccccc1c1nc3ccccc3n21)/c1ccccc1. The Kier molecular flexibility index (Phi) is 3.50. The molecule has 2 nitrogen and oxygen atoms in total. The zero-order valence-electron chi connectivity index (χ0n) is 15.8. The fraction of sp³-hybridized carbons (Fsp3) is 0. The number of rotatable bonds is 2. The highest BCUT2D eigenvalue weighted by molar-refractivity contribution is 6.14. The molecule has 0 fully saturated rings. The number of fused-ring (bicyclic) bond motifs is 8. The van der Waals surface area contributed by atoms with Crippen molar-refractivity contribution in [2.75, 3.05) is 0 Å². The zero-order valence-corrected chi connectivity index (χ0v) is 15.8. The van der Waals surface area contributed by atoms with Crippen molar-refractivity contribution < 1.29 is 0 Å². The van der Waals surface area contributed by atoms with Crippen LogP contribution in [0.2, 0.25) is 0 Å². The van der Waals surface area contributed by atoms with E-state index in [1.165, 1.54) is 32.8 Å². The quantitative estimate of drug-likeness (QED) is 0.238. The Balaban J connectivity index is 1.68. The first-order valence-electron chi connectivity index (χ1n) is 9.83. The molecule has 0 atom stereocenters. The van der Waals surface area contributed by atoms with Crippen LogP contribution in [0, 0.1) is 0 Å². The third-order valence-electron chi connectivity index (χ3n) is 5.55. The van der Waals surface area contributed by atoms with Gasteiger partial charge in [-0.2, -0.15) is 0 Å². The third-order valence-corrected chi connectivity index (χ3v) is 5.55. The van der Waals surface area contributed by atoms with Crippen LogP contribution in [0.25, 0.3) is 50.5 Å². The smallest absolute Gasteiger partial charge is 0.146 e. The zero-order chi connectivity index (χ0) is 19.2. The van der Waals surface area contributed by atoms with Crippen LogP contribution >= 0.6 is 0 Å². The Morgan fingerprint density at radius 1 is 0.552 bits per heavy atom. The van der Waals surface area contributed by atoms with Gasteiger partial charge in [-0.3, -0.25) is 4.40 Å². The molecular formula is C27H18N2. The van der Waals surface area contributed by atoms with Crippen LogP contribution in [0.4, 0.5) is 0 Å². The summed E-state index contributed by atoms with van der Waals surface area (Å²) in [6.45, 7) is 0. The van der Waals surface area contributed by atoms with Gasteiger partial charge in [0.25, 0.3) is 0 Å². The number of nitrogens with zero attached hydrogens (tertiary/aromatic N) is 2. The Morgan fingerprint density at radius 3 is 2.17 bits per heavy atom. The molecule has 0 spiro atoms. The van der Waals surface area contributed by atoms with E-state index in [0.29, 0.717) is 0 Å². The monoisotopic (exact) mass is 370 g/mol. The molecule has 0 saturated carbocycles. The number of aromatic nitrogens is 2. The van der Waals surface area contributed by atoms with Crippen molar-refractivity contribution in [3.8, 4) is 0 Å². The molecule has 2 heteroatoms. The molecular weight excluding hydrogens is 352 g/mol. The summed E-state index contributed by atoms with van der Waals surface area (Å²) in [5, 5.41) is 3.66. The number of hydrogen-bond donors (Lipinski definition) is 0. The molecule has 4 aromatic carbocycles. The van der Waals surface area contributed by atoms with Gasteiger partial charge in [-0.1, -0.05) is 84.9 Å². The number of imidazole rings is 1. The minimum absolute atomic E-state index is 1.02. The second-order valence-corrected chi connectivity index (χ2v) is 7.33. The van der Waals surface area contributed by atoms with Crippen LogP contribution in [-0.2, 0) is 0 Å². The number of para-hydroxylation sites is 2. The standard InChI is InChI=1S/C27H18N2/c1-2-8-19(9-3-1)14-15-20-16-17-25-23(18-20)21-10-4-5-11-22(21)27-28-24-12-6-7-13-26(24)29(25)27/h1-18H/b15-14+. The van der Waals surface area contributed by atoms with Crippen molar-refractivity contribution in [2.24, 2.45) is 0 Å². The van der Waals surface area contributed by atoms with E-state index in [0.717, 1.165) is 16.7 Å². The van der Waals surface area contributed by atoms with Gasteiger partial charge in [0, 0.05) is 10.8 Å². The van der Waals surface area contributed by atoms with Gasteiger partial charge in [-0.05, 0) is 40.8 Å². The Labute approximate surface area is 168 Å². The van der Waals surface area contributed by atoms with Crippen molar-refractivity contribution in [2.45, 2.75) is 0 Å². The predicted octanol–water partition coefficient (Wildman–Crippen LogP) is 6.96. The molecule has 2 aromatic heterocycles. The molecule has 2 heterocycles. The Bertz CT molecular complexity index is 1540. The lowest BCUT2D eigenvalue weighted by atomic mass is 10.0.